The average molecular weight is 363 g/mol. The first-order valence-electron chi connectivity index (χ1n) is 8.16. The number of rotatable bonds is 4. The van der Waals surface area contributed by atoms with Crippen LogP contribution in [0.5, 0.6) is 5.75 Å². The minimum absolute atomic E-state index is 0.115. The van der Waals surface area contributed by atoms with Crippen LogP contribution < -0.4 is 10.1 Å². The molecule has 1 amide bonds. The summed E-state index contributed by atoms with van der Waals surface area (Å²) in [5, 5.41) is 6.35. The number of hydrogen-bond acceptors (Lipinski definition) is 3. The number of ether oxygens (including phenoxy) is 1. The SMILES string of the molecule is O=C(COc1ccc(Cl)c2cccnc12)Nc1cccc2ccccc12. The van der Waals surface area contributed by atoms with Crippen molar-refractivity contribution in [1.82, 2.24) is 4.98 Å². The van der Waals surface area contributed by atoms with Gasteiger partial charge in [-0.2, -0.15) is 0 Å². The van der Waals surface area contributed by atoms with E-state index in [2.05, 4.69) is 10.3 Å². The summed E-state index contributed by atoms with van der Waals surface area (Å²) >= 11 is 6.18. The Kier molecular flexibility index (Phi) is 4.42. The largest absolute Gasteiger partial charge is 0.481 e. The first-order valence-corrected chi connectivity index (χ1v) is 8.54. The first-order chi connectivity index (χ1) is 12.7. The minimum Gasteiger partial charge on any atom is -0.481 e. The Morgan fingerprint density at radius 2 is 1.77 bits per heavy atom. The molecule has 1 N–H and O–H groups in total. The third-order valence-electron chi connectivity index (χ3n) is 4.10. The van der Waals surface area contributed by atoms with Gasteiger partial charge in [0.05, 0.1) is 5.02 Å². The lowest BCUT2D eigenvalue weighted by Gasteiger charge is -2.11. The van der Waals surface area contributed by atoms with Gasteiger partial charge in [0, 0.05) is 22.7 Å². The Bertz CT molecular complexity index is 1110. The zero-order valence-electron chi connectivity index (χ0n) is 13.8. The molecular weight excluding hydrogens is 348 g/mol. The van der Waals surface area contributed by atoms with Gasteiger partial charge in [0.15, 0.2) is 6.61 Å². The Morgan fingerprint density at radius 3 is 2.69 bits per heavy atom. The highest BCUT2D eigenvalue weighted by Crippen LogP contribution is 2.29. The lowest BCUT2D eigenvalue weighted by Crippen LogP contribution is -2.20. The van der Waals surface area contributed by atoms with Gasteiger partial charge >= 0.3 is 0 Å². The van der Waals surface area contributed by atoms with Crippen LogP contribution in [0.1, 0.15) is 0 Å². The second-order valence-electron chi connectivity index (χ2n) is 5.81. The Hall–Kier alpha value is -3.11. The molecule has 4 nitrogen and oxygen atoms in total. The fraction of sp³-hybridized carbons (Fsp3) is 0.0476. The monoisotopic (exact) mass is 362 g/mol. The summed E-state index contributed by atoms with van der Waals surface area (Å²) in [5.41, 5.74) is 1.40. The molecule has 0 spiro atoms. The van der Waals surface area contributed by atoms with Gasteiger partial charge in [-0.25, -0.2) is 0 Å². The molecule has 4 rings (SSSR count). The smallest absolute Gasteiger partial charge is 0.262 e. The lowest BCUT2D eigenvalue weighted by atomic mass is 10.1. The Balaban J connectivity index is 1.52. The molecule has 0 bridgehead atoms. The van der Waals surface area contributed by atoms with Crippen molar-refractivity contribution in [2.45, 2.75) is 0 Å². The van der Waals surface area contributed by atoms with Gasteiger partial charge in [-0.15, -0.1) is 0 Å². The van der Waals surface area contributed by atoms with Gasteiger partial charge in [-0.3, -0.25) is 9.78 Å². The highest BCUT2D eigenvalue weighted by Gasteiger charge is 2.10. The van der Waals surface area contributed by atoms with Crippen LogP contribution in [-0.4, -0.2) is 17.5 Å². The predicted molar refractivity (Wildman–Crippen MR) is 105 cm³/mol. The number of halogens is 1. The van der Waals surface area contributed by atoms with Crippen LogP contribution >= 0.6 is 11.6 Å². The summed E-state index contributed by atoms with van der Waals surface area (Å²) in [5.74, 6) is 0.290. The highest BCUT2D eigenvalue weighted by atomic mass is 35.5. The van der Waals surface area contributed by atoms with Crippen LogP contribution in [0, 0.1) is 0 Å². The normalized spacial score (nSPS) is 10.8. The van der Waals surface area contributed by atoms with Crippen molar-refractivity contribution in [3.05, 3.63) is 77.9 Å². The van der Waals surface area contributed by atoms with Crippen LogP contribution in [0.25, 0.3) is 21.7 Å². The van der Waals surface area contributed by atoms with Gasteiger partial charge in [0.25, 0.3) is 5.91 Å². The van der Waals surface area contributed by atoms with E-state index in [-0.39, 0.29) is 12.5 Å². The molecule has 0 unspecified atom stereocenters. The number of benzene rings is 3. The number of pyridine rings is 1. The maximum Gasteiger partial charge on any atom is 0.262 e. The standard InChI is InChI=1S/C21H15ClN2O2/c22-17-10-11-19(21-16(17)8-4-12-23-21)26-13-20(25)24-18-9-3-6-14-5-1-2-7-15(14)18/h1-12H,13H2,(H,24,25). The summed E-state index contributed by atoms with van der Waals surface area (Å²) < 4.78 is 5.69. The van der Waals surface area contributed by atoms with E-state index in [1.165, 1.54) is 0 Å². The zero-order chi connectivity index (χ0) is 17.9. The van der Waals surface area contributed by atoms with E-state index in [4.69, 9.17) is 16.3 Å². The summed E-state index contributed by atoms with van der Waals surface area (Å²) in [7, 11) is 0. The van der Waals surface area contributed by atoms with Gasteiger partial charge in [0.2, 0.25) is 0 Å². The molecule has 0 fully saturated rings. The number of carbonyl (C=O) groups excluding carboxylic acids is 1. The number of nitrogens with one attached hydrogen (secondary N) is 1. The Labute approximate surface area is 155 Å². The van der Waals surface area contributed by atoms with Gasteiger partial charge < -0.3 is 10.1 Å². The molecule has 0 radical (unpaired) electrons. The van der Waals surface area contributed by atoms with Gasteiger partial charge in [-0.05, 0) is 35.7 Å². The van der Waals surface area contributed by atoms with E-state index in [1.807, 2.05) is 54.6 Å². The zero-order valence-corrected chi connectivity index (χ0v) is 14.5. The molecule has 0 saturated heterocycles. The minimum atomic E-state index is -0.236. The highest BCUT2D eigenvalue weighted by molar-refractivity contribution is 6.35. The molecule has 0 saturated carbocycles. The van der Waals surface area contributed by atoms with Crippen molar-refractivity contribution in [3.8, 4) is 5.75 Å². The van der Waals surface area contributed by atoms with Crippen LogP contribution in [-0.2, 0) is 4.79 Å². The third-order valence-corrected chi connectivity index (χ3v) is 4.43. The predicted octanol–water partition coefficient (Wildman–Crippen LogP) is 5.06. The first kappa shape index (κ1) is 16.4. The van der Waals surface area contributed by atoms with E-state index >= 15 is 0 Å². The number of nitrogens with zero attached hydrogens (tertiary/aromatic N) is 1. The Morgan fingerprint density at radius 1 is 0.962 bits per heavy atom. The molecule has 0 aliphatic heterocycles. The molecule has 0 atom stereocenters. The quantitative estimate of drug-likeness (QED) is 0.552. The van der Waals surface area contributed by atoms with E-state index < -0.39 is 0 Å². The van der Waals surface area contributed by atoms with Crippen molar-refractivity contribution in [3.63, 3.8) is 0 Å². The van der Waals surface area contributed by atoms with Gasteiger partial charge in [-0.1, -0.05) is 48.0 Å². The van der Waals surface area contributed by atoms with Crippen molar-refractivity contribution in [2.75, 3.05) is 11.9 Å². The molecule has 4 aromatic rings. The second-order valence-corrected chi connectivity index (χ2v) is 6.22. The molecule has 1 aromatic heterocycles. The molecule has 5 heteroatoms. The summed E-state index contributed by atoms with van der Waals surface area (Å²) in [4.78, 5) is 16.7. The molecule has 3 aromatic carbocycles. The fourth-order valence-corrected chi connectivity index (χ4v) is 3.11. The number of hydrogen-bond donors (Lipinski definition) is 1. The van der Waals surface area contributed by atoms with Crippen molar-refractivity contribution in [1.29, 1.82) is 0 Å². The number of anilines is 1. The number of amides is 1. The average Bonchev–Trinajstić information content (AvgIpc) is 2.68. The maximum absolute atomic E-state index is 12.3. The molecule has 1 heterocycles. The number of fused-ring (bicyclic) bond motifs is 2. The van der Waals surface area contributed by atoms with Crippen molar-refractivity contribution < 1.29 is 9.53 Å². The second kappa shape index (κ2) is 7.02. The summed E-state index contributed by atoms with van der Waals surface area (Å²) in [6.45, 7) is -0.115. The number of carbonyl (C=O) groups is 1. The third kappa shape index (κ3) is 3.19. The van der Waals surface area contributed by atoms with Gasteiger partial charge in [0.1, 0.15) is 11.3 Å². The number of aromatic nitrogens is 1. The molecule has 26 heavy (non-hydrogen) atoms. The van der Waals surface area contributed by atoms with E-state index in [0.717, 1.165) is 21.8 Å². The van der Waals surface area contributed by atoms with E-state index in [9.17, 15) is 4.79 Å². The van der Waals surface area contributed by atoms with Crippen molar-refractivity contribution in [2.24, 2.45) is 0 Å². The van der Waals surface area contributed by atoms with E-state index in [0.29, 0.717) is 16.3 Å². The lowest BCUT2D eigenvalue weighted by molar-refractivity contribution is -0.118. The summed E-state index contributed by atoms with van der Waals surface area (Å²) in [6.07, 6.45) is 1.67. The molecular formula is C21H15ClN2O2. The molecule has 0 aliphatic carbocycles. The van der Waals surface area contributed by atoms with Crippen LogP contribution in [0.3, 0.4) is 0 Å². The van der Waals surface area contributed by atoms with Crippen LogP contribution in [0.4, 0.5) is 5.69 Å². The van der Waals surface area contributed by atoms with Crippen molar-refractivity contribution >= 4 is 44.9 Å². The van der Waals surface area contributed by atoms with Crippen LogP contribution in [0.15, 0.2) is 72.9 Å². The molecule has 0 aliphatic rings. The topological polar surface area (TPSA) is 51.2 Å². The summed E-state index contributed by atoms with van der Waals surface area (Å²) in [6, 6.07) is 20.8. The van der Waals surface area contributed by atoms with Crippen LogP contribution in [0.2, 0.25) is 5.02 Å². The maximum atomic E-state index is 12.3. The molecule has 128 valence electrons. The van der Waals surface area contributed by atoms with E-state index in [1.54, 1.807) is 18.3 Å². The fourth-order valence-electron chi connectivity index (χ4n) is 2.89.